The number of carbonyl (C=O) groups excluding carboxylic acids is 2. The van der Waals surface area contributed by atoms with Crippen molar-refractivity contribution in [2.24, 2.45) is 0 Å². The molecule has 2 aliphatic rings. The molecule has 0 radical (unpaired) electrons. The number of benzene rings is 1. The molecule has 1 aromatic rings. The highest BCUT2D eigenvalue weighted by Crippen LogP contribution is 2.35. The Kier molecular flexibility index (Phi) is 7.51. The van der Waals surface area contributed by atoms with E-state index in [0.717, 1.165) is 19.5 Å². The summed E-state index contributed by atoms with van der Waals surface area (Å²) in [6.07, 6.45) is 1.35. The number of sulfonamides is 1. The average Bonchev–Trinajstić information content (AvgIpc) is 2.74. The summed E-state index contributed by atoms with van der Waals surface area (Å²) in [4.78, 5) is 26.5. The topological polar surface area (TPSA) is 117 Å². The molecule has 0 spiro atoms. The van der Waals surface area contributed by atoms with Gasteiger partial charge < -0.3 is 20.1 Å². The van der Waals surface area contributed by atoms with E-state index in [1.807, 2.05) is 0 Å². The quantitative estimate of drug-likeness (QED) is 0.599. The number of ether oxygens (including phenoxy) is 2. The molecule has 2 saturated heterocycles. The van der Waals surface area contributed by atoms with E-state index >= 15 is 0 Å². The first kappa shape index (κ1) is 22.3. The van der Waals surface area contributed by atoms with Crippen molar-refractivity contribution in [1.82, 2.24) is 10.2 Å². The molecule has 0 atom stereocenters. The first-order valence-electron chi connectivity index (χ1n) is 9.98. The zero-order valence-corrected chi connectivity index (χ0v) is 17.9. The Hall–Kier alpha value is -2.37. The third kappa shape index (κ3) is 5.61. The van der Waals surface area contributed by atoms with Crippen LogP contribution < -0.4 is 19.7 Å². The van der Waals surface area contributed by atoms with Crippen molar-refractivity contribution in [1.29, 1.82) is 0 Å². The second-order valence-corrected chi connectivity index (χ2v) is 9.16. The monoisotopic (exact) mass is 440 g/mol. The second-order valence-electron chi connectivity index (χ2n) is 7.15. The van der Waals surface area contributed by atoms with Crippen LogP contribution >= 0.6 is 0 Å². The Morgan fingerprint density at radius 2 is 1.90 bits per heavy atom. The van der Waals surface area contributed by atoms with E-state index < -0.39 is 21.8 Å². The maximum absolute atomic E-state index is 12.4. The van der Waals surface area contributed by atoms with Gasteiger partial charge in [0.25, 0.3) is 0 Å². The number of nitrogens with zero attached hydrogens (tertiary/aromatic N) is 2. The van der Waals surface area contributed by atoms with Crippen molar-refractivity contribution in [3.05, 3.63) is 18.2 Å². The van der Waals surface area contributed by atoms with Crippen molar-refractivity contribution in [2.75, 3.05) is 68.4 Å². The number of hydrogen-bond donors (Lipinski definition) is 2. The summed E-state index contributed by atoms with van der Waals surface area (Å²) >= 11 is 0. The number of nitrogens with one attached hydrogen (secondary N) is 2. The van der Waals surface area contributed by atoms with Crippen LogP contribution in [-0.4, -0.2) is 83.9 Å². The Labute approximate surface area is 176 Å². The fraction of sp³-hybridized carbons (Fsp3) is 0.579. The predicted molar refractivity (Wildman–Crippen MR) is 112 cm³/mol. The van der Waals surface area contributed by atoms with E-state index in [1.165, 1.54) is 17.5 Å². The fourth-order valence-corrected chi connectivity index (χ4v) is 5.08. The summed E-state index contributed by atoms with van der Waals surface area (Å²) in [5, 5.41) is 5.13. The molecule has 0 unspecified atom stereocenters. The van der Waals surface area contributed by atoms with Crippen molar-refractivity contribution >= 4 is 33.2 Å². The Morgan fingerprint density at radius 1 is 1.13 bits per heavy atom. The normalized spacial score (nSPS) is 19.2. The van der Waals surface area contributed by atoms with Gasteiger partial charge >= 0.3 is 11.8 Å². The predicted octanol–water partition coefficient (Wildman–Crippen LogP) is 0.0121. The molecule has 0 aliphatic carbocycles. The summed E-state index contributed by atoms with van der Waals surface area (Å²) in [6, 6.07) is 4.66. The fourth-order valence-electron chi connectivity index (χ4n) is 3.44. The highest BCUT2D eigenvalue weighted by atomic mass is 32.2. The van der Waals surface area contributed by atoms with Gasteiger partial charge in [-0.15, -0.1) is 0 Å². The average molecular weight is 441 g/mol. The zero-order chi connectivity index (χ0) is 21.6. The largest absolute Gasteiger partial charge is 0.495 e. The number of methoxy groups -OCH3 is 1. The van der Waals surface area contributed by atoms with E-state index in [1.54, 1.807) is 12.1 Å². The third-order valence-corrected chi connectivity index (χ3v) is 6.93. The highest BCUT2D eigenvalue weighted by Gasteiger charge is 2.28. The number of carbonyl (C=O) groups is 2. The van der Waals surface area contributed by atoms with Gasteiger partial charge in [-0.2, -0.15) is 0 Å². The minimum absolute atomic E-state index is 0.0677. The lowest BCUT2D eigenvalue weighted by Gasteiger charge is -2.29. The van der Waals surface area contributed by atoms with Crippen LogP contribution in [0.15, 0.2) is 18.2 Å². The SMILES string of the molecule is COc1ccc(NC(=O)C(=O)NCCN2CCOCC2)cc1N1CCCCS1(=O)=O. The van der Waals surface area contributed by atoms with Crippen LogP contribution in [0.1, 0.15) is 12.8 Å². The van der Waals surface area contributed by atoms with Gasteiger partial charge in [-0.1, -0.05) is 0 Å². The molecule has 11 heteroatoms. The molecule has 0 bridgehead atoms. The van der Waals surface area contributed by atoms with Gasteiger partial charge in [0, 0.05) is 38.4 Å². The summed E-state index contributed by atoms with van der Waals surface area (Å²) < 4.78 is 36.8. The van der Waals surface area contributed by atoms with Crippen LogP contribution in [0.3, 0.4) is 0 Å². The summed E-state index contributed by atoms with van der Waals surface area (Å²) in [6.45, 7) is 4.28. The van der Waals surface area contributed by atoms with Crippen LogP contribution in [-0.2, 0) is 24.3 Å². The summed E-state index contributed by atoms with van der Waals surface area (Å²) in [5.41, 5.74) is 0.669. The van der Waals surface area contributed by atoms with Crippen LogP contribution in [0.5, 0.6) is 5.75 Å². The van der Waals surface area contributed by atoms with Gasteiger partial charge in [-0.3, -0.25) is 18.8 Å². The van der Waals surface area contributed by atoms with Crippen molar-refractivity contribution in [3.63, 3.8) is 0 Å². The molecule has 1 aromatic carbocycles. The van der Waals surface area contributed by atoms with Gasteiger partial charge in [0.05, 0.1) is 31.8 Å². The van der Waals surface area contributed by atoms with Crippen LogP contribution in [0.4, 0.5) is 11.4 Å². The van der Waals surface area contributed by atoms with E-state index in [4.69, 9.17) is 9.47 Å². The first-order chi connectivity index (χ1) is 14.4. The van der Waals surface area contributed by atoms with Gasteiger partial charge in [-0.25, -0.2) is 8.42 Å². The minimum Gasteiger partial charge on any atom is -0.495 e. The Balaban J connectivity index is 1.61. The van der Waals surface area contributed by atoms with Crippen molar-refractivity contribution < 1.29 is 27.5 Å². The smallest absolute Gasteiger partial charge is 0.313 e. The number of hydrogen-bond acceptors (Lipinski definition) is 7. The highest BCUT2D eigenvalue weighted by molar-refractivity contribution is 7.92. The molecule has 0 saturated carbocycles. The summed E-state index contributed by atoms with van der Waals surface area (Å²) in [7, 11) is -1.99. The third-order valence-electron chi connectivity index (χ3n) is 5.08. The summed E-state index contributed by atoms with van der Waals surface area (Å²) in [5.74, 6) is -1.10. The molecule has 0 aromatic heterocycles. The molecular weight excluding hydrogens is 412 g/mol. The number of rotatable bonds is 6. The van der Waals surface area contributed by atoms with Crippen LogP contribution in [0.25, 0.3) is 0 Å². The molecule has 2 heterocycles. The van der Waals surface area contributed by atoms with Crippen LogP contribution in [0.2, 0.25) is 0 Å². The molecule has 30 heavy (non-hydrogen) atoms. The molecule has 2 aliphatic heterocycles. The molecular formula is C19H28N4O6S. The van der Waals surface area contributed by atoms with Gasteiger partial charge in [0.2, 0.25) is 10.0 Å². The second kappa shape index (κ2) is 10.1. The minimum atomic E-state index is -3.45. The number of morpholine rings is 1. The molecule has 166 valence electrons. The van der Waals surface area contributed by atoms with Crippen molar-refractivity contribution in [2.45, 2.75) is 12.8 Å². The van der Waals surface area contributed by atoms with E-state index in [9.17, 15) is 18.0 Å². The Morgan fingerprint density at radius 3 is 2.60 bits per heavy atom. The zero-order valence-electron chi connectivity index (χ0n) is 17.1. The lowest BCUT2D eigenvalue weighted by Crippen LogP contribution is -2.43. The van der Waals surface area contributed by atoms with Gasteiger partial charge in [0.1, 0.15) is 5.75 Å². The van der Waals surface area contributed by atoms with Gasteiger partial charge in [0.15, 0.2) is 0 Å². The lowest BCUT2D eigenvalue weighted by atomic mass is 10.2. The standard InChI is InChI=1S/C19H28N4O6S/c1-28-17-5-4-15(14-16(17)23-7-2-3-13-30(23,26)27)21-19(25)18(24)20-6-8-22-9-11-29-12-10-22/h4-5,14H,2-3,6-13H2,1H3,(H,20,24)(H,21,25). The number of amides is 2. The molecule has 10 nitrogen and oxygen atoms in total. The maximum Gasteiger partial charge on any atom is 0.313 e. The van der Waals surface area contributed by atoms with E-state index in [0.29, 0.717) is 56.4 Å². The number of anilines is 2. The molecule has 2 amide bonds. The van der Waals surface area contributed by atoms with Gasteiger partial charge in [-0.05, 0) is 31.0 Å². The molecule has 3 rings (SSSR count). The molecule has 2 N–H and O–H groups in total. The molecule has 2 fully saturated rings. The van der Waals surface area contributed by atoms with Crippen molar-refractivity contribution in [3.8, 4) is 5.75 Å². The Bertz CT molecular complexity index is 870. The van der Waals surface area contributed by atoms with E-state index in [2.05, 4.69) is 15.5 Å². The lowest BCUT2D eigenvalue weighted by molar-refractivity contribution is -0.136. The van der Waals surface area contributed by atoms with Crippen LogP contribution in [0, 0.1) is 0 Å². The maximum atomic E-state index is 12.4. The first-order valence-corrected chi connectivity index (χ1v) is 11.6. The van der Waals surface area contributed by atoms with E-state index in [-0.39, 0.29) is 5.75 Å².